The van der Waals surface area contributed by atoms with E-state index >= 15 is 0 Å². The smallest absolute Gasteiger partial charge is 0.252 e. The molecule has 2 amide bonds. The van der Waals surface area contributed by atoms with E-state index in [1.807, 2.05) is 68.4 Å². The molecule has 3 aromatic rings. The molecule has 172 valence electrons. The highest BCUT2D eigenvalue weighted by atomic mass is 16.5. The molecule has 0 aliphatic rings. The topological polar surface area (TPSA) is 88.7 Å². The van der Waals surface area contributed by atoms with Crippen LogP contribution in [0.25, 0.3) is 0 Å². The van der Waals surface area contributed by atoms with E-state index in [-0.39, 0.29) is 17.7 Å². The summed E-state index contributed by atoms with van der Waals surface area (Å²) in [5, 5.41) is 9.01. The van der Waals surface area contributed by atoms with Crippen LogP contribution < -0.4 is 25.4 Å². The number of carbonyl (C=O) groups excluding carboxylic acids is 2. The SMILES string of the molecule is COc1cc(OC)cc(C(=O)N[C@H](C(=O)Nc2ccc(Nc3ccccc3)cc2)C(C)C)c1. The van der Waals surface area contributed by atoms with Crippen molar-refractivity contribution in [3.8, 4) is 11.5 Å². The highest BCUT2D eigenvalue weighted by Gasteiger charge is 2.25. The Morgan fingerprint density at radius 2 is 1.30 bits per heavy atom. The third-order valence-electron chi connectivity index (χ3n) is 5.06. The normalized spacial score (nSPS) is 11.4. The van der Waals surface area contributed by atoms with Gasteiger partial charge in [0.15, 0.2) is 0 Å². The fraction of sp³-hybridized carbons (Fsp3) is 0.231. The van der Waals surface area contributed by atoms with Crippen LogP contribution in [0.15, 0.2) is 72.8 Å². The van der Waals surface area contributed by atoms with Crippen LogP contribution in [0, 0.1) is 5.92 Å². The maximum atomic E-state index is 13.0. The molecule has 3 aromatic carbocycles. The number of para-hydroxylation sites is 1. The molecule has 0 aliphatic heterocycles. The lowest BCUT2D eigenvalue weighted by atomic mass is 10.0. The van der Waals surface area contributed by atoms with Gasteiger partial charge in [-0.05, 0) is 54.4 Å². The van der Waals surface area contributed by atoms with Gasteiger partial charge in [0.1, 0.15) is 17.5 Å². The molecule has 7 nitrogen and oxygen atoms in total. The highest BCUT2D eigenvalue weighted by Crippen LogP contribution is 2.23. The van der Waals surface area contributed by atoms with Crippen LogP contribution in [0.3, 0.4) is 0 Å². The highest BCUT2D eigenvalue weighted by molar-refractivity contribution is 6.01. The summed E-state index contributed by atoms with van der Waals surface area (Å²) in [6, 6.07) is 21.4. The average molecular weight is 448 g/mol. The van der Waals surface area contributed by atoms with Crippen molar-refractivity contribution in [1.82, 2.24) is 5.32 Å². The van der Waals surface area contributed by atoms with Crippen molar-refractivity contribution in [2.24, 2.45) is 5.92 Å². The van der Waals surface area contributed by atoms with Crippen molar-refractivity contribution in [1.29, 1.82) is 0 Å². The second-order valence-electron chi connectivity index (χ2n) is 7.85. The van der Waals surface area contributed by atoms with Gasteiger partial charge in [-0.15, -0.1) is 0 Å². The van der Waals surface area contributed by atoms with E-state index < -0.39 is 6.04 Å². The lowest BCUT2D eigenvalue weighted by molar-refractivity contribution is -0.118. The van der Waals surface area contributed by atoms with Crippen molar-refractivity contribution in [2.45, 2.75) is 19.9 Å². The Labute approximate surface area is 194 Å². The van der Waals surface area contributed by atoms with Crippen molar-refractivity contribution in [3.05, 3.63) is 78.4 Å². The van der Waals surface area contributed by atoms with Crippen molar-refractivity contribution in [3.63, 3.8) is 0 Å². The number of methoxy groups -OCH3 is 2. The molecule has 3 N–H and O–H groups in total. The zero-order chi connectivity index (χ0) is 23.8. The Morgan fingerprint density at radius 1 is 0.758 bits per heavy atom. The average Bonchev–Trinajstić information content (AvgIpc) is 2.83. The predicted molar refractivity (Wildman–Crippen MR) is 130 cm³/mol. The minimum atomic E-state index is -0.725. The van der Waals surface area contributed by atoms with Gasteiger partial charge in [-0.25, -0.2) is 0 Å². The third-order valence-corrected chi connectivity index (χ3v) is 5.06. The summed E-state index contributed by atoms with van der Waals surface area (Å²) >= 11 is 0. The molecule has 3 rings (SSSR count). The quantitative estimate of drug-likeness (QED) is 0.437. The lowest BCUT2D eigenvalue weighted by Crippen LogP contribution is -2.47. The van der Waals surface area contributed by atoms with E-state index in [1.165, 1.54) is 14.2 Å². The van der Waals surface area contributed by atoms with Gasteiger partial charge in [-0.2, -0.15) is 0 Å². The standard InChI is InChI=1S/C26H29N3O4/c1-17(2)24(29-25(30)18-14-22(32-3)16-23(15-18)33-4)26(31)28-21-12-10-20(11-13-21)27-19-8-6-5-7-9-19/h5-17,24,27H,1-4H3,(H,28,31)(H,29,30)/t24-/m0/s1. The Morgan fingerprint density at radius 3 is 1.85 bits per heavy atom. The number of carbonyl (C=O) groups is 2. The van der Waals surface area contributed by atoms with E-state index in [4.69, 9.17) is 9.47 Å². The van der Waals surface area contributed by atoms with Crippen LogP contribution in [-0.2, 0) is 4.79 Å². The Bertz CT molecular complexity index is 1060. The first-order valence-corrected chi connectivity index (χ1v) is 10.7. The van der Waals surface area contributed by atoms with Gasteiger partial charge in [0.05, 0.1) is 14.2 Å². The largest absolute Gasteiger partial charge is 0.497 e. The van der Waals surface area contributed by atoms with E-state index in [1.54, 1.807) is 18.2 Å². The van der Waals surface area contributed by atoms with Gasteiger partial charge >= 0.3 is 0 Å². The van der Waals surface area contributed by atoms with Gasteiger partial charge < -0.3 is 25.4 Å². The molecule has 0 heterocycles. The molecule has 7 heteroatoms. The summed E-state index contributed by atoms with van der Waals surface area (Å²) in [5.74, 6) is 0.185. The van der Waals surface area contributed by atoms with E-state index in [0.29, 0.717) is 22.7 Å². The molecule has 0 aromatic heterocycles. The first kappa shape index (κ1) is 23.7. The summed E-state index contributed by atoms with van der Waals surface area (Å²) in [5.41, 5.74) is 2.87. The maximum absolute atomic E-state index is 13.0. The van der Waals surface area contributed by atoms with Gasteiger partial charge in [0.2, 0.25) is 5.91 Å². The maximum Gasteiger partial charge on any atom is 0.252 e. The van der Waals surface area contributed by atoms with E-state index in [9.17, 15) is 9.59 Å². The molecule has 33 heavy (non-hydrogen) atoms. The molecule has 1 atom stereocenters. The first-order valence-electron chi connectivity index (χ1n) is 10.7. The molecule has 0 unspecified atom stereocenters. The van der Waals surface area contributed by atoms with Crippen LogP contribution in [0.1, 0.15) is 24.2 Å². The minimum absolute atomic E-state index is 0.125. The second-order valence-corrected chi connectivity index (χ2v) is 7.85. The number of amides is 2. The molecule has 0 spiro atoms. The summed E-state index contributed by atoms with van der Waals surface area (Å²) in [4.78, 5) is 25.8. The zero-order valence-electron chi connectivity index (χ0n) is 19.2. The molecular weight excluding hydrogens is 418 g/mol. The van der Waals surface area contributed by atoms with Crippen LogP contribution in [0.2, 0.25) is 0 Å². The Balaban J connectivity index is 1.67. The van der Waals surface area contributed by atoms with Crippen molar-refractivity contribution < 1.29 is 19.1 Å². The van der Waals surface area contributed by atoms with Crippen LogP contribution in [-0.4, -0.2) is 32.1 Å². The van der Waals surface area contributed by atoms with Gasteiger partial charge in [-0.3, -0.25) is 9.59 Å². The Kier molecular flexibility index (Phi) is 7.91. The number of hydrogen-bond acceptors (Lipinski definition) is 5. The van der Waals surface area contributed by atoms with Gasteiger partial charge in [-0.1, -0.05) is 32.0 Å². The zero-order valence-corrected chi connectivity index (χ0v) is 19.2. The summed E-state index contributed by atoms with van der Waals surface area (Å²) in [7, 11) is 3.03. The fourth-order valence-corrected chi connectivity index (χ4v) is 3.24. The minimum Gasteiger partial charge on any atom is -0.497 e. The lowest BCUT2D eigenvalue weighted by Gasteiger charge is -2.22. The molecule has 0 radical (unpaired) electrons. The number of hydrogen-bond donors (Lipinski definition) is 3. The van der Waals surface area contributed by atoms with Gasteiger partial charge in [0.25, 0.3) is 5.91 Å². The second kappa shape index (κ2) is 11.0. The number of anilines is 3. The van der Waals surface area contributed by atoms with Gasteiger partial charge in [0, 0.05) is 28.7 Å². The molecule has 0 aliphatic carbocycles. The van der Waals surface area contributed by atoms with E-state index in [2.05, 4.69) is 16.0 Å². The van der Waals surface area contributed by atoms with Crippen LogP contribution >= 0.6 is 0 Å². The predicted octanol–water partition coefficient (Wildman–Crippen LogP) is 4.84. The van der Waals surface area contributed by atoms with Crippen LogP contribution in [0.4, 0.5) is 17.1 Å². The number of nitrogens with one attached hydrogen (secondary N) is 3. The molecular formula is C26H29N3O4. The number of benzene rings is 3. The first-order chi connectivity index (χ1) is 15.9. The fourth-order valence-electron chi connectivity index (χ4n) is 3.24. The van der Waals surface area contributed by atoms with Crippen molar-refractivity contribution in [2.75, 3.05) is 24.9 Å². The summed E-state index contributed by atoms with van der Waals surface area (Å²) < 4.78 is 10.5. The molecule has 0 saturated heterocycles. The molecule has 0 fully saturated rings. The number of ether oxygens (including phenoxy) is 2. The molecule has 0 bridgehead atoms. The van der Waals surface area contributed by atoms with E-state index in [0.717, 1.165) is 11.4 Å². The molecule has 0 saturated carbocycles. The van der Waals surface area contributed by atoms with Crippen molar-refractivity contribution >= 4 is 28.9 Å². The monoisotopic (exact) mass is 447 g/mol. The third kappa shape index (κ3) is 6.49. The van der Waals surface area contributed by atoms with Crippen LogP contribution in [0.5, 0.6) is 11.5 Å². The summed E-state index contributed by atoms with van der Waals surface area (Å²) in [6.07, 6.45) is 0. The Hall–Kier alpha value is -4.00. The number of rotatable bonds is 9. The summed E-state index contributed by atoms with van der Waals surface area (Å²) in [6.45, 7) is 3.76.